The minimum absolute atomic E-state index is 0.0461. The van der Waals surface area contributed by atoms with E-state index in [9.17, 15) is 30.8 Å². The number of amides is 1. The van der Waals surface area contributed by atoms with Gasteiger partial charge in [0.2, 0.25) is 15.9 Å². The molecule has 1 amide bonds. The average molecular weight is 502 g/mol. The van der Waals surface area contributed by atoms with E-state index in [0.29, 0.717) is 11.1 Å². The standard InChI is InChI=1S/C21H19F4N3O3S2/c1-33(30,31)28-17-7-4-14(12-16(17)22)13-26-19(29)9-6-15-5-8-18(21(23,24)25)27-20(15)32-10-2-3-11-32/h2-12,28,32H,13H2,1H3,(H,26,29). The predicted molar refractivity (Wildman–Crippen MR) is 121 cm³/mol. The zero-order valence-electron chi connectivity index (χ0n) is 17.1. The summed E-state index contributed by atoms with van der Waals surface area (Å²) in [6, 6.07) is 5.88. The number of aromatic nitrogens is 1. The molecule has 0 fully saturated rings. The molecule has 1 aliphatic rings. The molecule has 12 heteroatoms. The lowest BCUT2D eigenvalue weighted by molar-refractivity contribution is -0.141. The lowest BCUT2D eigenvalue weighted by Gasteiger charge is -2.15. The lowest BCUT2D eigenvalue weighted by Crippen LogP contribution is -2.20. The molecule has 0 bridgehead atoms. The van der Waals surface area contributed by atoms with Crippen LogP contribution in [0.15, 0.2) is 64.4 Å². The molecule has 176 valence electrons. The second-order valence-corrected chi connectivity index (χ2v) is 10.5. The van der Waals surface area contributed by atoms with Crippen LogP contribution in [0.25, 0.3) is 6.08 Å². The number of anilines is 1. The number of nitrogens with one attached hydrogen (secondary N) is 2. The van der Waals surface area contributed by atoms with Crippen LogP contribution in [0.5, 0.6) is 0 Å². The van der Waals surface area contributed by atoms with Gasteiger partial charge in [-0.15, -0.1) is 0 Å². The van der Waals surface area contributed by atoms with Crippen molar-refractivity contribution in [3.8, 4) is 0 Å². The van der Waals surface area contributed by atoms with Crippen LogP contribution in [0, 0.1) is 5.82 Å². The van der Waals surface area contributed by atoms with Gasteiger partial charge in [-0.25, -0.2) is 17.8 Å². The van der Waals surface area contributed by atoms with Crippen molar-refractivity contribution in [1.82, 2.24) is 10.3 Å². The molecular weight excluding hydrogens is 482 g/mol. The minimum Gasteiger partial charge on any atom is -0.348 e. The van der Waals surface area contributed by atoms with E-state index in [0.717, 1.165) is 24.5 Å². The molecule has 0 spiro atoms. The summed E-state index contributed by atoms with van der Waals surface area (Å²) in [5.74, 6) is -1.35. The summed E-state index contributed by atoms with van der Waals surface area (Å²) < 4.78 is 77.7. The first kappa shape index (κ1) is 24.5. The van der Waals surface area contributed by atoms with E-state index in [1.807, 2.05) is 4.72 Å². The van der Waals surface area contributed by atoms with Crippen molar-refractivity contribution in [2.24, 2.45) is 0 Å². The summed E-state index contributed by atoms with van der Waals surface area (Å²) in [6.07, 6.45) is 2.29. The van der Waals surface area contributed by atoms with E-state index in [4.69, 9.17) is 0 Å². The molecule has 3 rings (SSSR count). The monoisotopic (exact) mass is 501 g/mol. The first-order chi connectivity index (χ1) is 15.4. The van der Waals surface area contributed by atoms with Gasteiger partial charge in [0.05, 0.1) is 17.0 Å². The number of carbonyl (C=O) groups excluding carboxylic acids is 1. The fourth-order valence-corrected chi connectivity index (χ4v) is 4.98. The zero-order valence-corrected chi connectivity index (χ0v) is 18.8. The Labute approximate surface area is 190 Å². The van der Waals surface area contributed by atoms with Gasteiger partial charge in [-0.1, -0.05) is 24.3 Å². The van der Waals surface area contributed by atoms with Gasteiger partial charge in [-0.3, -0.25) is 9.52 Å². The smallest absolute Gasteiger partial charge is 0.348 e. The number of halogens is 4. The highest BCUT2D eigenvalue weighted by atomic mass is 32.2. The number of allylic oxidation sites excluding steroid dienone is 2. The maximum absolute atomic E-state index is 14.0. The minimum atomic E-state index is -4.58. The quantitative estimate of drug-likeness (QED) is 0.299. The van der Waals surface area contributed by atoms with Crippen molar-refractivity contribution in [2.75, 3.05) is 11.0 Å². The summed E-state index contributed by atoms with van der Waals surface area (Å²) >= 11 is 0. The third-order valence-electron chi connectivity index (χ3n) is 4.25. The molecule has 1 aromatic heterocycles. The summed E-state index contributed by atoms with van der Waals surface area (Å²) in [7, 11) is -4.80. The van der Waals surface area contributed by atoms with Crippen LogP contribution in [0.3, 0.4) is 0 Å². The van der Waals surface area contributed by atoms with Crippen molar-refractivity contribution in [2.45, 2.75) is 17.7 Å². The van der Waals surface area contributed by atoms with Crippen molar-refractivity contribution >= 4 is 38.6 Å². The Kier molecular flexibility index (Phi) is 7.28. The number of benzene rings is 1. The van der Waals surface area contributed by atoms with Crippen LogP contribution in [-0.2, 0) is 27.5 Å². The molecule has 6 nitrogen and oxygen atoms in total. The summed E-state index contributed by atoms with van der Waals surface area (Å²) in [6.45, 7) is -0.0461. The normalized spacial score (nSPS) is 14.8. The molecule has 1 aromatic carbocycles. The number of carbonyl (C=O) groups is 1. The molecular formula is C21H19F4N3O3S2. The van der Waals surface area contributed by atoms with E-state index < -0.39 is 44.5 Å². The molecule has 0 saturated heterocycles. The highest BCUT2D eigenvalue weighted by molar-refractivity contribution is 8.22. The highest BCUT2D eigenvalue weighted by Gasteiger charge is 2.33. The highest BCUT2D eigenvalue weighted by Crippen LogP contribution is 2.44. The van der Waals surface area contributed by atoms with Gasteiger partial charge in [-0.2, -0.15) is 24.1 Å². The van der Waals surface area contributed by atoms with E-state index >= 15 is 0 Å². The van der Waals surface area contributed by atoms with Crippen molar-refractivity contribution in [1.29, 1.82) is 0 Å². The van der Waals surface area contributed by atoms with Gasteiger partial charge >= 0.3 is 6.18 Å². The Balaban J connectivity index is 1.70. The molecule has 1 aliphatic heterocycles. The van der Waals surface area contributed by atoms with E-state index in [2.05, 4.69) is 10.3 Å². The third kappa shape index (κ3) is 6.93. The molecule has 0 aliphatic carbocycles. The number of nitrogens with zero attached hydrogens (tertiary/aromatic N) is 1. The van der Waals surface area contributed by atoms with E-state index in [-0.39, 0.29) is 17.3 Å². The third-order valence-corrected chi connectivity index (χ3v) is 6.68. The average Bonchev–Trinajstić information content (AvgIpc) is 3.25. The molecule has 33 heavy (non-hydrogen) atoms. The van der Waals surface area contributed by atoms with Crippen LogP contribution in [0.4, 0.5) is 23.2 Å². The number of hydrogen-bond donors (Lipinski definition) is 3. The number of sulfonamides is 1. The van der Waals surface area contributed by atoms with Gasteiger partial charge in [0.15, 0.2) is 0 Å². The van der Waals surface area contributed by atoms with E-state index in [1.54, 1.807) is 23.0 Å². The summed E-state index contributed by atoms with van der Waals surface area (Å²) in [4.78, 5) is 16.0. The largest absolute Gasteiger partial charge is 0.433 e. The van der Waals surface area contributed by atoms with Crippen LogP contribution >= 0.6 is 10.9 Å². The zero-order chi connectivity index (χ0) is 24.2. The number of alkyl halides is 3. The maximum Gasteiger partial charge on any atom is 0.433 e. The molecule has 0 unspecified atom stereocenters. The van der Waals surface area contributed by atoms with Gasteiger partial charge in [-0.05, 0) is 40.7 Å². The molecule has 2 heterocycles. The van der Waals surface area contributed by atoms with Crippen LogP contribution in [0.2, 0.25) is 0 Å². The number of hydrogen-bond acceptors (Lipinski definition) is 4. The number of pyridine rings is 1. The number of thiol groups is 1. The maximum atomic E-state index is 14.0. The predicted octanol–water partition coefficient (Wildman–Crippen LogP) is 4.34. The topological polar surface area (TPSA) is 88.2 Å². The summed E-state index contributed by atoms with van der Waals surface area (Å²) in [5, 5.41) is 6.27. The van der Waals surface area contributed by atoms with Gasteiger partial charge in [0.1, 0.15) is 11.5 Å². The Morgan fingerprint density at radius 2 is 1.85 bits per heavy atom. The molecule has 0 saturated carbocycles. The second-order valence-electron chi connectivity index (χ2n) is 6.94. The van der Waals surface area contributed by atoms with Crippen molar-refractivity contribution in [3.05, 3.63) is 82.0 Å². The van der Waals surface area contributed by atoms with Crippen LogP contribution in [0.1, 0.15) is 16.8 Å². The fourth-order valence-electron chi connectivity index (χ4n) is 2.79. The Morgan fingerprint density at radius 1 is 1.15 bits per heavy atom. The first-order valence-electron chi connectivity index (χ1n) is 9.36. The fraction of sp³-hybridized carbons (Fsp3) is 0.143. The molecule has 0 radical (unpaired) electrons. The Bertz CT molecular complexity index is 1240. The molecule has 0 atom stereocenters. The Hall–Kier alpha value is -3.12. The van der Waals surface area contributed by atoms with Crippen molar-refractivity contribution in [3.63, 3.8) is 0 Å². The Morgan fingerprint density at radius 3 is 2.45 bits per heavy atom. The lowest BCUT2D eigenvalue weighted by atomic mass is 10.2. The van der Waals surface area contributed by atoms with Gasteiger partial charge in [0.25, 0.3) is 0 Å². The number of rotatable bonds is 7. The molecule has 2 aromatic rings. The van der Waals surface area contributed by atoms with Gasteiger partial charge in [0, 0.05) is 18.2 Å². The second kappa shape index (κ2) is 9.79. The van der Waals surface area contributed by atoms with E-state index in [1.165, 1.54) is 24.3 Å². The first-order valence-corrected chi connectivity index (χ1v) is 12.7. The molecule has 2 N–H and O–H groups in total. The van der Waals surface area contributed by atoms with Crippen LogP contribution in [-0.4, -0.2) is 25.6 Å². The van der Waals surface area contributed by atoms with Crippen molar-refractivity contribution < 1.29 is 30.8 Å². The SMILES string of the molecule is CS(=O)(=O)Nc1ccc(CNC(=O)C=Cc2ccc(C(F)(F)F)nc2[SH]2C=CC=C2)cc1F. The summed E-state index contributed by atoms with van der Waals surface area (Å²) in [5.41, 5.74) is -0.463. The van der Waals surface area contributed by atoms with Crippen LogP contribution < -0.4 is 10.0 Å². The van der Waals surface area contributed by atoms with Gasteiger partial charge < -0.3 is 5.32 Å².